The van der Waals surface area contributed by atoms with E-state index >= 15 is 0 Å². The van der Waals surface area contributed by atoms with E-state index in [1.54, 1.807) is 35.7 Å². The van der Waals surface area contributed by atoms with E-state index < -0.39 is 0 Å². The topological polar surface area (TPSA) is 53.0 Å². The fourth-order valence-corrected chi connectivity index (χ4v) is 6.37. The fraction of sp³-hybridized carbons (Fsp3) is 0.148. The third kappa shape index (κ3) is 4.06. The lowest BCUT2D eigenvalue weighted by molar-refractivity contribution is -0.113. The molecule has 34 heavy (non-hydrogen) atoms. The number of aliphatic imine (C=N–C) groups is 1. The third-order valence-corrected chi connectivity index (χ3v) is 8.00. The van der Waals surface area contributed by atoms with E-state index in [1.165, 1.54) is 11.8 Å². The molecule has 1 saturated heterocycles. The van der Waals surface area contributed by atoms with Gasteiger partial charge in [0.25, 0.3) is 5.91 Å². The molecule has 0 N–H and O–H groups in total. The van der Waals surface area contributed by atoms with Crippen LogP contribution in [0.1, 0.15) is 29.8 Å². The molecule has 0 saturated carbocycles. The highest BCUT2D eigenvalue weighted by atomic mass is 32.2. The van der Waals surface area contributed by atoms with Gasteiger partial charge in [-0.25, -0.2) is 4.99 Å². The van der Waals surface area contributed by atoms with Gasteiger partial charge in [0.1, 0.15) is 9.93 Å². The van der Waals surface area contributed by atoms with Crippen LogP contribution in [0.15, 0.2) is 92.6 Å². The number of nitrogens with zero attached hydrogens (tertiary/aromatic N) is 3. The number of hydrogen-bond donors (Lipinski definition) is 0. The number of rotatable bonds is 4. The number of carbonyl (C=O) groups excluding carboxylic acids is 2. The maximum atomic E-state index is 13.8. The molecular weight excluding hydrogens is 462 g/mol. The van der Waals surface area contributed by atoms with Crippen molar-refractivity contribution in [1.29, 1.82) is 0 Å². The van der Waals surface area contributed by atoms with Gasteiger partial charge in [-0.2, -0.15) is 0 Å². The van der Waals surface area contributed by atoms with Crippen LogP contribution in [0.25, 0.3) is 0 Å². The number of Topliss-reactive ketones (excluding diaryl/α,β-unsaturated/α-hetero) is 1. The van der Waals surface area contributed by atoms with Gasteiger partial charge < -0.3 is 4.90 Å². The van der Waals surface area contributed by atoms with Crippen molar-refractivity contribution in [3.8, 4) is 0 Å². The summed E-state index contributed by atoms with van der Waals surface area (Å²) in [5.74, 6) is -0.0704. The Kier molecular flexibility index (Phi) is 6.06. The maximum absolute atomic E-state index is 13.8. The highest BCUT2D eigenvalue weighted by Gasteiger charge is 2.40. The average molecular weight is 486 g/mol. The Hall–Kier alpha value is -3.29. The van der Waals surface area contributed by atoms with Crippen LogP contribution in [0.3, 0.4) is 0 Å². The van der Waals surface area contributed by atoms with Gasteiger partial charge in [-0.1, -0.05) is 36.0 Å². The molecule has 3 aromatic carbocycles. The lowest BCUT2D eigenvalue weighted by Crippen LogP contribution is -2.29. The molecule has 0 spiro atoms. The number of ketones is 1. The Morgan fingerprint density at radius 3 is 2.44 bits per heavy atom. The van der Waals surface area contributed by atoms with Gasteiger partial charge in [0.2, 0.25) is 0 Å². The summed E-state index contributed by atoms with van der Waals surface area (Å²) in [6.07, 6.45) is 0. The number of para-hydroxylation sites is 1. The van der Waals surface area contributed by atoms with Crippen LogP contribution in [0.4, 0.5) is 17.1 Å². The molecule has 0 aromatic heterocycles. The molecular formula is C27H23N3O2S2. The Morgan fingerprint density at radius 2 is 1.74 bits per heavy atom. The molecule has 0 aliphatic carbocycles. The van der Waals surface area contributed by atoms with Gasteiger partial charge in [-0.15, -0.1) is 0 Å². The van der Waals surface area contributed by atoms with Crippen molar-refractivity contribution in [2.24, 2.45) is 4.99 Å². The molecule has 2 aliphatic rings. The Labute approximate surface area is 207 Å². The first-order valence-corrected chi connectivity index (χ1v) is 12.7. The molecule has 2 aliphatic heterocycles. The van der Waals surface area contributed by atoms with Gasteiger partial charge in [0.05, 0.1) is 17.1 Å². The van der Waals surface area contributed by atoms with E-state index in [1.807, 2.05) is 55.5 Å². The molecule has 2 heterocycles. The van der Waals surface area contributed by atoms with E-state index in [0.717, 1.165) is 33.4 Å². The summed E-state index contributed by atoms with van der Waals surface area (Å²) in [5, 5.41) is 1.54. The van der Waals surface area contributed by atoms with Crippen molar-refractivity contribution >= 4 is 57.4 Å². The number of amidine groups is 1. The number of aryl methyl sites for hydroxylation is 1. The minimum atomic E-state index is -0.0801. The predicted octanol–water partition coefficient (Wildman–Crippen LogP) is 6.77. The summed E-state index contributed by atoms with van der Waals surface area (Å²) in [7, 11) is 0. The normalized spacial score (nSPS) is 18.7. The molecule has 3 aromatic rings. The lowest BCUT2D eigenvalue weighted by Gasteiger charge is -2.19. The third-order valence-electron chi connectivity index (χ3n) is 5.66. The average Bonchev–Trinajstić information content (AvgIpc) is 3.36. The fourth-order valence-electron chi connectivity index (χ4n) is 3.97. The number of hydrogen-bond acceptors (Lipinski definition) is 6. The van der Waals surface area contributed by atoms with Crippen molar-refractivity contribution in [1.82, 2.24) is 0 Å². The SMILES string of the molecule is CCN1/C(=C2/SC(=Nc3ccc(C(C)=O)cc3)N(c3cccc(C)c3)C2=O)Sc2ccccc21. The summed E-state index contributed by atoms with van der Waals surface area (Å²) in [6.45, 7) is 6.41. The molecule has 5 nitrogen and oxygen atoms in total. The van der Waals surface area contributed by atoms with Crippen molar-refractivity contribution in [2.45, 2.75) is 25.7 Å². The monoisotopic (exact) mass is 485 g/mol. The highest BCUT2D eigenvalue weighted by molar-refractivity contribution is 8.20. The first kappa shape index (κ1) is 22.5. The van der Waals surface area contributed by atoms with Gasteiger partial charge in [0.15, 0.2) is 11.0 Å². The van der Waals surface area contributed by atoms with E-state index in [9.17, 15) is 9.59 Å². The zero-order valence-corrected chi connectivity index (χ0v) is 20.7. The van der Waals surface area contributed by atoms with Crippen LogP contribution in [-0.4, -0.2) is 23.4 Å². The van der Waals surface area contributed by atoms with Crippen LogP contribution in [0.5, 0.6) is 0 Å². The van der Waals surface area contributed by atoms with Crippen LogP contribution < -0.4 is 9.80 Å². The van der Waals surface area contributed by atoms with E-state index in [2.05, 4.69) is 24.0 Å². The number of carbonyl (C=O) groups is 2. The zero-order valence-electron chi connectivity index (χ0n) is 19.1. The van der Waals surface area contributed by atoms with E-state index in [0.29, 0.717) is 21.3 Å². The molecule has 0 bridgehead atoms. The summed E-state index contributed by atoms with van der Waals surface area (Å²) in [6, 6.07) is 23.3. The van der Waals surface area contributed by atoms with E-state index in [-0.39, 0.29) is 11.7 Å². The van der Waals surface area contributed by atoms with Crippen LogP contribution >= 0.6 is 23.5 Å². The van der Waals surface area contributed by atoms with Crippen LogP contribution in [0, 0.1) is 6.92 Å². The highest BCUT2D eigenvalue weighted by Crippen LogP contribution is 2.51. The largest absolute Gasteiger partial charge is 0.334 e. The molecule has 1 fully saturated rings. The quantitative estimate of drug-likeness (QED) is 0.302. The minimum absolute atomic E-state index is 0.00973. The van der Waals surface area contributed by atoms with Crippen molar-refractivity contribution in [3.63, 3.8) is 0 Å². The summed E-state index contributed by atoms with van der Waals surface area (Å²) in [4.78, 5) is 36.0. The minimum Gasteiger partial charge on any atom is -0.334 e. The Morgan fingerprint density at radius 1 is 0.971 bits per heavy atom. The summed E-state index contributed by atoms with van der Waals surface area (Å²) in [5.41, 5.74) is 4.31. The molecule has 170 valence electrons. The molecule has 0 radical (unpaired) electrons. The van der Waals surface area contributed by atoms with Gasteiger partial charge in [-0.3, -0.25) is 14.5 Å². The number of amides is 1. The number of fused-ring (bicyclic) bond motifs is 1. The van der Waals surface area contributed by atoms with Crippen LogP contribution in [0.2, 0.25) is 0 Å². The van der Waals surface area contributed by atoms with Gasteiger partial charge >= 0.3 is 0 Å². The number of benzene rings is 3. The summed E-state index contributed by atoms with van der Waals surface area (Å²) < 4.78 is 0. The second kappa shape index (κ2) is 9.16. The Bertz CT molecular complexity index is 1360. The number of anilines is 2. The molecule has 5 rings (SSSR count). The first-order valence-electron chi connectivity index (χ1n) is 11.0. The maximum Gasteiger partial charge on any atom is 0.274 e. The van der Waals surface area contributed by atoms with Gasteiger partial charge in [0, 0.05) is 17.0 Å². The predicted molar refractivity (Wildman–Crippen MR) is 142 cm³/mol. The van der Waals surface area contributed by atoms with E-state index in [4.69, 9.17) is 4.99 Å². The van der Waals surface area contributed by atoms with Gasteiger partial charge in [-0.05, 0) is 86.6 Å². The summed E-state index contributed by atoms with van der Waals surface area (Å²) >= 11 is 3.02. The second-order valence-corrected chi connectivity index (χ2v) is 10.0. The van der Waals surface area contributed by atoms with Crippen molar-refractivity contribution in [2.75, 3.05) is 16.3 Å². The standard InChI is InChI=1S/C27H23N3O2S2/c1-4-29-22-10-5-6-11-23(22)33-26(29)24-25(32)30(21-9-7-8-17(2)16-21)27(34-24)28-20-14-12-19(13-15-20)18(3)31/h5-16H,4H2,1-3H3/b26-24-,28-27?. The van der Waals surface area contributed by atoms with Crippen molar-refractivity contribution < 1.29 is 9.59 Å². The smallest absolute Gasteiger partial charge is 0.274 e. The molecule has 0 unspecified atom stereocenters. The molecule has 0 atom stereocenters. The number of thioether (sulfide) groups is 2. The molecule has 1 amide bonds. The second-order valence-electron chi connectivity index (χ2n) is 8.03. The van der Waals surface area contributed by atoms with Crippen molar-refractivity contribution in [3.05, 3.63) is 93.9 Å². The first-order chi connectivity index (χ1) is 16.5. The molecule has 7 heteroatoms. The Balaban J connectivity index is 1.61. The lowest BCUT2D eigenvalue weighted by atomic mass is 10.1. The van der Waals surface area contributed by atoms with Crippen LogP contribution in [-0.2, 0) is 4.79 Å². The zero-order chi connectivity index (χ0) is 23.8.